The first-order valence-electron chi connectivity index (χ1n) is 28.0. The van der Waals surface area contributed by atoms with Crippen molar-refractivity contribution >= 4 is 52.7 Å². The third-order valence-corrected chi connectivity index (χ3v) is 16.3. The fourth-order valence-corrected chi connectivity index (χ4v) is 12.6. The Hall–Kier alpha value is -10.8. The largest absolute Gasteiger partial charge is 0.457 e. The summed E-state index contributed by atoms with van der Waals surface area (Å²) >= 11 is 0. The Morgan fingerprint density at radius 1 is 0.518 bits per heavy atom. The molecule has 0 amide bonds. The minimum absolute atomic E-state index is 0.477. The number of para-hydroxylation sites is 2. The molecule has 0 N–H and O–H groups in total. The summed E-state index contributed by atoms with van der Waals surface area (Å²) in [5, 5.41) is 1.05. The number of amidine groups is 2. The van der Waals surface area contributed by atoms with Crippen LogP contribution in [-0.4, -0.2) is 23.0 Å². The zero-order valence-electron chi connectivity index (χ0n) is 46.4. The average Bonchev–Trinajstić information content (AvgIpc) is 1.80. The predicted molar refractivity (Wildman–Crippen MR) is 350 cm³/mol. The first-order valence-corrected chi connectivity index (χ1v) is 28.0. The summed E-state index contributed by atoms with van der Waals surface area (Å²) in [5.74, 6) is 2.70. The van der Waals surface area contributed by atoms with Crippen LogP contribution in [-0.2, 0) is 5.41 Å². The fraction of sp³-hybridized carbons (Fsp3) is 0.0385. The van der Waals surface area contributed by atoms with Crippen molar-refractivity contribution in [1.82, 2.24) is 4.57 Å². The van der Waals surface area contributed by atoms with E-state index in [1.54, 1.807) is 0 Å². The van der Waals surface area contributed by atoms with E-state index in [1.807, 2.05) is 91.9 Å². The van der Waals surface area contributed by atoms with E-state index in [4.69, 9.17) is 14.7 Å². The van der Waals surface area contributed by atoms with Crippen molar-refractivity contribution in [3.63, 3.8) is 0 Å². The summed E-state index contributed by atoms with van der Waals surface area (Å²) in [6.45, 7) is 21.3. The molecule has 0 atom stereocenters. The van der Waals surface area contributed by atoms with Crippen molar-refractivity contribution in [3.8, 4) is 61.7 Å². The monoisotopic (exact) mass is 1070 g/mol. The minimum atomic E-state index is -0.620. The van der Waals surface area contributed by atoms with E-state index in [1.165, 1.54) is 22.3 Å². The molecule has 0 saturated heterocycles. The van der Waals surface area contributed by atoms with Crippen molar-refractivity contribution in [1.29, 1.82) is 0 Å². The molecule has 5 nitrogen and oxygen atoms in total. The Labute approximate surface area is 485 Å². The smallest absolute Gasteiger partial charge is 0.162 e. The molecule has 1 aliphatic carbocycles. The molecule has 0 saturated carbocycles. The topological polar surface area (TPSA) is 51.2 Å². The summed E-state index contributed by atoms with van der Waals surface area (Å²) in [5.41, 5.74) is 22.3. The predicted octanol–water partition coefficient (Wildman–Crippen LogP) is 20.1. The quantitative estimate of drug-likeness (QED) is 0.0683. The Morgan fingerprint density at radius 2 is 1.14 bits per heavy atom. The Morgan fingerprint density at radius 3 is 1.81 bits per heavy atom. The molecule has 0 fully saturated rings. The molecule has 1 spiro atoms. The fourth-order valence-electron chi connectivity index (χ4n) is 12.6. The molecular formula is C78H58N4O. The van der Waals surface area contributed by atoms with Crippen LogP contribution in [0.5, 0.6) is 11.5 Å². The van der Waals surface area contributed by atoms with Crippen LogP contribution >= 0.6 is 0 Å². The van der Waals surface area contributed by atoms with E-state index >= 15 is 0 Å². The van der Waals surface area contributed by atoms with Crippen LogP contribution in [0.2, 0.25) is 0 Å². The SMILES string of the molecule is C=C/C(=C\C=C/C)c1cc(-c2ccccc2)cc(-n2c(C=C)c(C=C)c3cc(-c4ccc(N=C(N=C(N=C)c5ccccc5)c5ccccc5)c(-c5ccc6c(c5C)-c5ccccc5C65c6ccccc6Oc6ccccc65)c4)ccc32)c1. The van der Waals surface area contributed by atoms with E-state index in [0.29, 0.717) is 11.7 Å². The molecule has 0 unspecified atom stereocenters. The summed E-state index contributed by atoms with van der Waals surface area (Å²) in [6, 6.07) is 81.2. The van der Waals surface area contributed by atoms with Gasteiger partial charge in [0, 0.05) is 44.5 Å². The van der Waals surface area contributed by atoms with Crippen LogP contribution in [0, 0.1) is 6.92 Å². The minimum Gasteiger partial charge on any atom is -0.457 e. The van der Waals surface area contributed by atoms with Gasteiger partial charge in [-0.1, -0.05) is 226 Å². The molecule has 13 rings (SSSR count). The van der Waals surface area contributed by atoms with Gasteiger partial charge in [0.05, 0.1) is 22.3 Å². The van der Waals surface area contributed by atoms with Crippen LogP contribution in [0.1, 0.15) is 62.7 Å². The maximum Gasteiger partial charge on any atom is 0.162 e. The molecule has 0 bridgehead atoms. The molecule has 1 aliphatic heterocycles. The van der Waals surface area contributed by atoms with Gasteiger partial charge < -0.3 is 9.30 Å². The van der Waals surface area contributed by atoms with Crippen molar-refractivity contribution < 1.29 is 4.74 Å². The number of rotatable bonds is 12. The molecule has 0 radical (unpaired) electrons. The zero-order valence-corrected chi connectivity index (χ0v) is 46.4. The summed E-state index contributed by atoms with van der Waals surface area (Å²) in [7, 11) is 0. The Balaban J connectivity index is 1.04. The highest BCUT2D eigenvalue weighted by atomic mass is 16.5. The lowest BCUT2D eigenvalue weighted by Gasteiger charge is -2.39. The summed E-state index contributed by atoms with van der Waals surface area (Å²) in [6.07, 6.45) is 12.0. The third kappa shape index (κ3) is 8.78. The molecule has 396 valence electrons. The van der Waals surface area contributed by atoms with Crippen LogP contribution in [0.4, 0.5) is 5.69 Å². The van der Waals surface area contributed by atoms with E-state index in [-0.39, 0.29) is 0 Å². The van der Waals surface area contributed by atoms with Crippen molar-refractivity contribution in [2.75, 3.05) is 0 Å². The van der Waals surface area contributed by atoms with Crippen molar-refractivity contribution in [2.24, 2.45) is 15.0 Å². The molecule has 2 heterocycles. The highest BCUT2D eigenvalue weighted by Gasteiger charge is 2.51. The van der Waals surface area contributed by atoms with Gasteiger partial charge in [-0.3, -0.25) is 0 Å². The van der Waals surface area contributed by atoms with Gasteiger partial charge in [0.15, 0.2) is 11.7 Å². The third-order valence-electron chi connectivity index (χ3n) is 16.3. The number of fused-ring (bicyclic) bond motifs is 10. The van der Waals surface area contributed by atoms with Crippen LogP contribution in [0.15, 0.2) is 290 Å². The highest BCUT2D eigenvalue weighted by Crippen LogP contribution is 2.63. The number of nitrogens with zero attached hydrogens (tertiary/aromatic N) is 4. The van der Waals surface area contributed by atoms with E-state index in [0.717, 1.165) is 117 Å². The van der Waals surface area contributed by atoms with Crippen LogP contribution in [0.3, 0.4) is 0 Å². The Kier molecular flexibility index (Phi) is 13.5. The second kappa shape index (κ2) is 21.7. The maximum atomic E-state index is 6.70. The molecule has 5 heteroatoms. The van der Waals surface area contributed by atoms with Gasteiger partial charge in [-0.2, -0.15) is 0 Å². The van der Waals surface area contributed by atoms with Gasteiger partial charge >= 0.3 is 0 Å². The number of hydrogen-bond donors (Lipinski definition) is 0. The molecule has 11 aromatic rings. The van der Waals surface area contributed by atoms with Gasteiger partial charge in [0.1, 0.15) is 11.5 Å². The number of benzene rings is 10. The lowest BCUT2D eigenvalue weighted by Crippen LogP contribution is -2.32. The first-order chi connectivity index (χ1) is 40.9. The standard InChI is InChI=1S/C78H58N4O/c1-7-11-27-52(8-2)58-46-59(53-28-15-12-16-29-53)48-60(47-58)82-71(10-4)61(9-3)65-50-57(41-45-72(65)82)56-40-44-70(80-77(55-32-19-14-20-33-55)81-76(79-6)54-30-17-13-18-31-54)64(49-56)62-42-43-69-75(51(62)5)63-34-21-22-35-66(63)78(69)67-36-23-25-38-73(67)83-74-39-26-24-37-68(74)78/h7-50H,2-4,6H2,1,5H3/b11-7-,52-27+,80-77?,81-76?. The van der Waals surface area contributed by atoms with Gasteiger partial charge in [0.25, 0.3) is 0 Å². The van der Waals surface area contributed by atoms with E-state index in [9.17, 15) is 0 Å². The number of aromatic nitrogens is 1. The number of aliphatic imine (C=N–C) groups is 3. The molecule has 2 aliphatic rings. The highest BCUT2D eigenvalue weighted by molar-refractivity contribution is 6.14. The lowest BCUT2D eigenvalue weighted by molar-refractivity contribution is 0.436. The Bertz CT molecular complexity index is 4510. The van der Waals surface area contributed by atoms with E-state index in [2.05, 4.69) is 225 Å². The molecule has 83 heavy (non-hydrogen) atoms. The molecule has 10 aromatic carbocycles. The number of ether oxygens (including phenoxy) is 1. The van der Waals surface area contributed by atoms with Crippen molar-refractivity contribution in [2.45, 2.75) is 19.3 Å². The second-order valence-electron chi connectivity index (χ2n) is 20.8. The number of allylic oxidation sites excluding steroid dienone is 5. The van der Waals surface area contributed by atoms with E-state index < -0.39 is 5.41 Å². The first kappa shape index (κ1) is 51.7. The van der Waals surface area contributed by atoms with Gasteiger partial charge in [-0.15, -0.1) is 0 Å². The summed E-state index contributed by atoms with van der Waals surface area (Å²) in [4.78, 5) is 15.2. The van der Waals surface area contributed by atoms with Crippen molar-refractivity contribution in [3.05, 3.63) is 330 Å². The second-order valence-corrected chi connectivity index (χ2v) is 20.8. The molecule has 1 aromatic heterocycles. The molecular weight excluding hydrogens is 1010 g/mol. The van der Waals surface area contributed by atoms with Crippen LogP contribution < -0.4 is 4.74 Å². The van der Waals surface area contributed by atoms with Crippen LogP contribution in [0.25, 0.3) is 78.8 Å². The van der Waals surface area contributed by atoms with Gasteiger partial charge in [-0.25, -0.2) is 15.0 Å². The van der Waals surface area contributed by atoms with Gasteiger partial charge in [0.2, 0.25) is 0 Å². The normalized spacial score (nSPS) is 13.3. The maximum absolute atomic E-state index is 6.70. The summed E-state index contributed by atoms with van der Waals surface area (Å²) < 4.78 is 9.00. The zero-order chi connectivity index (χ0) is 56.6. The number of hydrogen-bond acceptors (Lipinski definition) is 2. The van der Waals surface area contributed by atoms with Gasteiger partial charge in [-0.05, 0) is 148 Å². The lowest BCUT2D eigenvalue weighted by atomic mass is 9.66. The average molecular weight is 1070 g/mol.